The second-order valence-electron chi connectivity index (χ2n) is 2.18. The summed E-state index contributed by atoms with van der Waals surface area (Å²) in [5.41, 5.74) is 0. The zero-order valence-corrected chi connectivity index (χ0v) is 7.47. The molecule has 1 N–H and O–H groups in total. The number of aliphatic carboxylic acids is 1. The Morgan fingerprint density at radius 2 is 2.40 bits per heavy atom. The minimum atomic E-state index is -0.719. The first-order valence-electron chi connectivity index (χ1n) is 3.16. The molecular formula is C7H11BrO2. The molecule has 0 heterocycles. The molecule has 1 unspecified atom stereocenters. The van der Waals surface area contributed by atoms with Gasteiger partial charge in [-0.05, 0) is 17.8 Å². The number of allylic oxidation sites excluding steroid dienone is 1. The molecule has 0 bridgehead atoms. The highest BCUT2D eigenvalue weighted by Gasteiger charge is 2.07. The molecule has 0 amide bonds. The first kappa shape index (κ1) is 9.69. The minimum absolute atomic E-state index is 0.233. The van der Waals surface area contributed by atoms with Crippen LogP contribution in [-0.4, -0.2) is 11.1 Å². The van der Waals surface area contributed by atoms with Crippen molar-refractivity contribution in [3.63, 3.8) is 0 Å². The maximum Gasteiger partial charge on any atom is 0.306 e. The number of carboxylic acid groups (broad SMARTS) is 1. The predicted octanol–water partition coefficient (Wildman–Crippen LogP) is 2.40. The molecule has 0 aliphatic rings. The third kappa shape index (κ3) is 4.56. The van der Waals surface area contributed by atoms with E-state index >= 15 is 0 Å². The second kappa shape index (κ2) is 5.47. The van der Waals surface area contributed by atoms with Gasteiger partial charge >= 0.3 is 5.97 Å². The molecule has 2 nitrogen and oxygen atoms in total. The lowest BCUT2D eigenvalue weighted by atomic mass is 10.1. The Morgan fingerprint density at radius 3 is 2.80 bits per heavy atom. The molecule has 0 radical (unpaired) electrons. The molecule has 0 aliphatic carbocycles. The number of hydrogen-bond acceptors (Lipinski definition) is 1. The maximum absolute atomic E-state index is 10.3. The fourth-order valence-electron chi connectivity index (χ4n) is 0.533. The Labute approximate surface area is 69.1 Å². The molecule has 0 aliphatic heterocycles. The Hall–Kier alpha value is -0.310. The highest BCUT2D eigenvalue weighted by Crippen LogP contribution is 2.06. The van der Waals surface area contributed by atoms with Gasteiger partial charge in [-0.3, -0.25) is 4.79 Å². The number of carbonyl (C=O) groups is 1. The van der Waals surface area contributed by atoms with E-state index in [9.17, 15) is 4.79 Å². The first-order chi connectivity index (χ1) is 4.68. The maximum atomic E-state index is 10.3. The van der Waals surface area contributed by atoms with Gasteiger partial charge in [-0.15, -0.1) is 0 Å². The third-order valence-electron chi connectivity index (χ3n) is 1.28. The van der Waals surface area contributed by atoms with Gasteiger partial charge in [0.2, 0.25) is 0 Å². The quantitative estimate of drug-likeness (QED) is 0.768. The smallest absolute Gasteiger partial charge is 0.306 e. The number of halogens is 1. The first-order valence-corrected chi connectivity index (χ1v) is 4.08. The van der Waals surface area contributed by atoms with E-state index in [1.807, 2.05) is 6.08 Å². The van der Waals surface area contributed by atoms with Gasteiger partial charge in [-0.1, -0.05) is 28.9 Å². The molecule has 0 aromatic heterocycles. The zero-order chi connectivity index (χ0) is 7.98. The van der Waals surface area contributed by atoms with Crippen LogP contribution in [0.4, 0.5) is 0 Å². The van der Waals surface area contributed by atoms with Crippen LogP contribution < -0.4 is 0 Å². The average Bonchev–Trinajstić information content (AvgIpc) is 1.88. The Kier molecular flexibility index (Phi) is 5.30. The van der Waals surface area contributed by atoms with Crippen LogP contribution in [0, 0.1) is 5.92 Å². The molecule has 0 aromatic rings. The lowest BCUT2D eigenvalue weighted by Gasteiger charge is -2.00. The highest BCUT2D eigenvalue weighted by atomic mass is 79.9. The van der Waals surface area contributed by atoms with Crippen LogP contribution in [0.2, 0.25) is 0 Å². The van der Waals surface area contributed by atoms with Crippen LogP contribution in [0.1, 0.15) is 19.8 Å². The molecular weight excluding hydrogens is 196 g/mol. The summed E-state index contributed by atoms with van der Waals surface area (Å²) >= 11 is 3.11. The predicted molar refractivity (Wildman–Crippen MR) is 44.1 cm³/mol. The van der Waals surface area contributed by atoms with Crippen molar-refractivity contribution in [2.45, 2.75) is 19.8 Å². The van der Waals surface area contributed by atoms with Crippen LogP contribution in [0.15, 0.2) is 11.1 Å². The van der Waals surface area contributed by atoms with Crippen LogP contribution in [0.5, 0.6) is 0 Å². The van der Waals surface area contributed by atoms with Crippen molar-refractivity contribution in [2.75, 3.05) is 0 Å². The van der Waals surface area contributed by atoms with Gasteiger partial charge in [0, 0.05) is 0 Å². The van der Waals surface area contributed by atoms with Crippen LogP contribution in [-0.2, 0) is 4.79 Å². The molecule has 1 atom stereocenters. The van der Waals surface area contributed by atoms with Gasteiger partial charge in [0.05, 0.1) is 5.92 Å². The number of rotatable bonds is 4. The summed E-state index contributed by atoms with van der Waals surface area (Å²) in [5, 5.41) is 8.45. The molecule has 0 spiro atoms. The van der Waals surface area contributed by atoms with Crippen LogP contribution in [0.3, 0.4) is 0 Å². The Bertz CT molecular complexity index is 132. The van der Waals surface area contributed by atoms with Gasteiger partial charge in [0.15, 0.2) is 0 Å². The Morgan fingerprint density at radius 1 is 1.80 bits per heavy atom. The topological polar surface area (TPSA) is 37.3 Å². The van der Waals surface area contributed by atoms with Crippen molar-refractivity contribution >= 4 is 21.9 Å². The minimum Gasteiger partial charge on any atom is -0.481 e. The SMILES string of the molecule is CC(CC/C=C/Br)C(=O)O. The van der Waals surface area contributed by atoms with Crippen molar-refractivity contribution in [2.24, 2.45) is 5.92 Å². The van der Waals surface area contributed by atoms with Gasteiger partial charge in [0.1, 0.15) is 0 Å². The molecule has 0 aromatic carbocycles. The summed E-state index contributed by atoms with van der Waals surface area (Å²) in [6, 6.07) is 0. The van der Waals surface area contributed by atoms with E-state index in [1.54, 1.807) is 11.9 Å². The standard InChI is InChI=1S/C7H11BrO2/c1-6(7(9)10)4-2-3-5-8/h3,5-6H,2,4H2,1H3,(H,9,10)/b5-3+. The summed E-state index contributed by atoms with van der Waals surface area (Å²) < 4.78 is 0. The van der Waals surface area contributed by atoms with Crippen molar-refractivity contribution in [3.05, 3.63) is 11.1 Å². The monoisotopic (exact) mass is 206 g/mol. The van der Waals surface area contributed by atoms with E-state index in [4.69, 9.17) is 5.11 Å². The normalized spacial score (nSPS) is 13.8. The van der Waals surface area contributed by atoms with Gasteiger partial charge in [-0.2, -0.15) is 0 Å². The third-order valence-corrected chi connectivity index (χ3v) is 1.65. The van der Waals surface area contributed by atoms with Gasteiger partial charge < -0.3 is 5.11 Å². The summed E-state index contributed by atoms with van der Waals surface area (Å²) in [5.74, 6) is -0.952. The van der Waals surface area contributed by atoms with Crippen molar-refractivity contribution in [1.29, 1.82) is 0 Å². The molecule has 0 saturated heterocycles. The fourth-order valence-corrected chi connectivity index (χ4v) is 0.797. The van der Waals surface area contributed by atoms with Crippen molar-refractivity contribution in [1.82, 2.24) is 0 Å². The van der Waals surface area contributed by atoms with Gasteiger partial charge in [-0.25, -0.2) is 0 Å². The molecule has 58 valence electrons. The molecule has 0 rings (SSSR count). The molecule has 0 saturated carbocycles. The molecule has 0 fully saturated rings. The summed E-state index contributed by atoms with van der Waals surface area (Å²) in [4.78, 5) is 12.0. The van der Waals surface area contributed by atoms with E-state index in [0.29, 0.717) is 6.42 Å². The van der Waals surface area contributed by atoms with E-state index in [0.717, 1.165) is 6.42 Å². The summed E-state index contributed by atoms with van der Waals surface area (Å²) in [6.07, 6.45) is 3.43. The Balaban J connectivity index is 3.39. The number of carboxylic acids is 1. The van der Waals surface area contributed by atoms with E-state index < -0.39 is 5.97 Å². The summed E-state index contributed by atoms with van der Waals surface area (Å²) in [7, 11) is 0. The number of hydrogen-bond donors (Lipinski definition) is 1. The van der Waals surface area contributed by atoms with E-state index in [1.165, 1.54) is 0 Å². The highest BCUT2D eigenvalue weighted by molar-refractivity contribution is 9.11. The molecule has 3 heteroatoms. The van der Waals surface area contributed by atoms with E-state index in [2.05, 4.69) is 15.9 Å². The molecule has 10 heavy (non-hydrogen) atoms. The lowest BCUT2D eigenvalue weighted by Crippen LogP contribution is -2.08. The van der Waals surface area contributed by atoms with Crippen LogP contribution >= 0.6 is 15.9 Å². The van der Waals surface area contributed by atoms with Crippen molar-refractivity contribution in [3.8, 4) is 0 Å². The summed E-state index contributed by atoms with van der Waals surface area (Å²) in [6.45, 7) is 1.71. The van der Waals surface area contributed by atoms with Crippen LogP contribution in [0.25, 0.3) is 0 Å². The fraction of sp³-hybridized carbons (Fsp3) is 0.571. The largest absolute Gasteiger partial charge is 0.481 e. The average molecular weight is 207 g/mol. The van der Waals surface area contributed by atoms with E-state index in [-0.39, 0.29) is 5.92 Å². The van der Waals surface area contributed by atoms with Gasteiger partial charge in [0.25, 0.3) is 0 Å². The second-order valence-corrected chi connectivity index (χ2v) is 2.71. The zero-order valence-electron chi connectivity index (χ0n) is 5.88. The van der Waals surface area contributed by atoms with Crippen molar-refractivity contribution < 1.29 is 9.90 Å². The lowest BCUT2D eigenvalue weighted by molar-refractivity contribution is -0.141.